The maximum atomic E-state index is 10.3. The van der Waals surface area contributed by atoms with Crippen LogP contribution in [0.2, 0.25) is 0 Å². The standard InChI is InChI=1S/C7H12N2O/c1-8-6-2-7(8)4-9(3-6)5-10/h5-7H,2-4H2,1H3. The first kappa shape index (κ1) is 6.16. The maximum Gasteiger partial charge on any atom is 0.209 e. The molecular weight excluding hydrogens is 128 g/mol. The largest absolute Gasteiger partial charge is 0.342 e. The Bertz CT molecular complexity index is 148. The van der Waals surface area contributed by atoms with Crippen LogP contribution in [0.3, 0.4) is 0 Å². The van der Waals surface area contributed by atoms with Gasteiger partial charge in [0, 0.05) is 25.2 Å². The Kier molecular flexibility index (Phi) is 1.20. The zero-order valence-corrected chi connectivity index (χ0v) is 6.16. The summed E-state index contributed by atoms with van der Waals surface area (Å²) >= 11 is 0. The van der Waals surface area contributed by atoms with Gasteiger partial charge in [0.15, 0.2) is 0 Å². The first-order valence-corrected chi connectivity index (χ1v) is 3.72. The highest BCUT2D eigenvalue weighted by molar-refractivity contribution is 5.48. The van der Waals surface area contributed by atoms with E-state index in [0.29, 0.717) is 12.1 Å². The monoisotopic (exact) mass is 140 g/mol. The van der Waals surface area contributed by atoms with Gasteiger partial charge in [-0.15, -0.1) is 0 Å². The number of hydrogen-bond donors (Lipinski definition) is 0. The molecule has 3 nitrogen and oxygen atoms in total. The molecule has 10 heavy (non-hydrogen) atoms. The van der Waals surface area contributed by atoms with Gasteiger partial charge in [-0.3, -0.25) is 9.69 Å². The number of fused-ring (bicyclic) bond motifs is 2. The van der Waals surface area contributed by atoms with E-state index in [1.165, 1.54) is 6.42 Å². The third kappa shape index (κ3) is 0.669. The molecular formula is C7H12N2O. The molecule has 0 aliphatic carbocycles. The van der Waals surface area contributed by atoms with Gasteiger partial charge in [-0.25, -0.2) is 0 Å². The zero-order chi connectivity index (χ0) is 7.14. The third-order valence-corrected chi connectivity index (χ3v) is 2.74. The highest BCUT2D eigenvalue weighted by Gasteiger charge is 2.41. The second-order valence-electron chi connectivity index (χ2n) is 3.27. The minimum Gasteiger partial charge on any atom is -0.342 e. The van der Waals surface area contributed by atoms with Crippen LogP contribution < -0.4 is 0 Å². The van der Waals surface area contributed by atoms with Crippen LogP contribution in [0, 0.1) is 0 Å². The molecule has 3 heterocycles. The number of carbonyl (C=O) groups excluding carboxylic acids is 1. The van der Waals surface area contributed by atoms with Gasteiger partial charge in [0.05, 0.1) is 0 Å². The fourth-order valence-corrected chi connectivity index (χ4v) is 1.92. The van der Waals surface area contributed by atoms with Crippen molar-refractivity contribution in [3.63, 3.8) is 0 Å². The second kappa shape index (κ2) is 1.95. The predicted molar refractivity (Wildman–Crippen MR) is 37.6 cm³/mol. The molecule has 3 heteroatoms. The number of amides is 1. The van der Waals surface area contributed by atoms with Crippen LogP contribution in [-0.4, -0.2) is 48.4 Å². The second-order valence-corrected chi connectivity index (χ2v) is 3.27. The maximum absolute atomic E-state index is 10.3. The lowest BCUT2D eigenvalue weighted by Gasteiger charge is -2.53. The number of piperazine rings is 1. The number of carbonyl (C=O) groups is 1. The lowest BCUT2D eigenvalue weighted by atomic mass is 9.89. The molecule has 0 aromatic carbocycles. The van der Waals surface area contributed by atoms with Gasteiger partial charge in [-0.2, -0.15) is 0 Å². The van der Waals surface area contributed by atoms with Crippen LogP contribution in [0.25, 0.3) is 0 Å². The Hall–Kier alpha value is -0.570. The quantitative estimate of drug-likeness (QED) is 0.460. The summed E-state index contributed by atoms with van der Waals surface area (Å²) in [6, 6.07) is 1.31. The molecule has 56 valence electrons. The van der Waals surface area contributed by atoms with Gasteiger partial charge in [0.2, 0.25) is 6.41 Å². The van der Waals surface area contributed by atoms with Gasteiger partial charge in [0.1, 0.15) is 0 Å². The number of hydrogen-bond acceptors (Lipinski definition) is 2. The van der Waals surface area contributed by atoms with Gasteiger partial charge in [-0.1, -0.05) is 0 Å². The lowest BCUT2D eigenvalue weighted by molar-refractivity contribution is -0.128. The van der Waals surface area contributed by atoms with Crippen molar-refractivity contribution < 1.29 is 4.79 Å². The molecule has 3 fully saturated rings. The van der Waals surface area contributed by atoms with Gasteiger partial charge < -0.3 is 4.90 Å². The van der Waals surface area contributed by atoms with Crippen LogP contribution in [0.1, 0.15) is 6.42 Å². The van der Waals surface area contributed by atoms with E-state index in [4.69, 9.17) is 0 Å². The van der Waals surface area contributed by atoms with Crippen molar-refractivity contribution >= 4 is 6.41 Å². The van der Waals surface area contributed by atoms with E-state index in [2.05, 4.69) is 11.9 Å². The Morgan fingerprint density at radius 1 is 1.40 bits per heavy atom. The molecule has 1 amide bonds. The van der Waals surface area contributed by atoms with Crippen LogP contribution in [0.15, 0.2) is 0 Å². The minimum absolute atomic E-state index is 0.656. The molecule has 2 unspecified atom stereocenters. The molecule has 3 saturated heterocycles. The number of rotatable bonds is 1. The lowest BCUT2D eigenvalue weighted by Crippen LogP contribution is -2.66. The summed E-state index contributed by atoms with van der Waals surface area (Å²) in [6.07, 6.45) is 2.26. The SMILES string of the molecule is CN1C2CC1CN(C=O)C2. The Labute approximate surface area is 60.6 Å². The van der Waals surface area contributed by atoms with Crippen molar-refractivity contribution in [3.8, 4) is 0 Å². The van der Waals surface area contributed by atoms with E-state index in [0.717, 1.165) is 19.5 Å². The van der Waals surface area contributed by atoms with Crippen LogP contribution >= 0.6 is 0 Å². The molecule has 2 bridgehead atoms. The van der Waals surface area contributed by atoms with Crippen molar-refractivity contribution in [3.05, 3.63) is 0 Å². The van der Waals surface area contributed by atoms with Gasteiger partial charge >= 0.3 is 0 Å². The van der Waals surface area contributed by atoms with Gasteiger partial charge in [-0.05, 0) is 13.5 Å². The van der Waals surface area contributed by atoms with E-state index >= 15 is 0 Å². The number of nitrogens with zero attached hydrogens (tertiary/aromatic N) is 2. The summed E-state index contributed by atoms with van der Waals surface area (Å²) in [4.78, 5) is 14.6. The topological polar surface area (TPSA) is 23.6 Å². The van der Waals surface area contributed by atoms with Crippen molar-refractivity contribution in [2.45, 2.75) is 18.5 Å². The first-order chi connectivity index (χ1) is 4.81. The summed E-state index contributed by atoms with van der Waals surface area (Å²) < 4.78 is 0. The molecule has 3 aliphatic heterocycles. The third-order valence-electron chi connectivity index (χ3n) is 2.74. The van der Waals surface area contributed by atoms with Crippen molar-refractivity contribution in [1.82, 2.24) is 9.80 Å². The molecule has 0 aromatic heterocycles. The summed E-state index contributed by atoms with van der Waals surface area (Å²) in [7, 11) is 2.14. The van der Waals surface area contributed by atoms with E-state index in [1.54, 1.807) is 0 Å². The summed E-state index contributed by atoms with van der Waals surface area (Å²) in [6.45, 7) is 1.88. The molecule has 0 saturated carbocycles. The van der Waals surface area contributed by atoms with E-state index in [1.807, 2.05) is 4.90 Å². The number of piperidine rings is 1. The number of likely N-dealkylation sites (N-methyl/N-ethyl adjacent to an activating group) is 1. The molecule has 3 aliphatic rings. The average Bonchev–Trinajstić information content (AvgIpc) is 2.04. The van der Waals surface area contributed by atoms with E-state index in [-0.39, 0.29) is 0 Å². The minimum atomic E-state index is 0.656. The van der Waals surface area contributed by atoms with E-state index in [9.17, 15) is 4.79 Å². The highest BCUT2D eigenvalue weighted by Crippen LogP contribution is 2.29. The summed E-state index contributed by atoms with van der Waals surface area (Å²) in [5, 5.41) is 0. The first-order valence-electron chi connectivity index (χ1n) is 3.72. The van der Waals surface area contributed by atoms with Gasteiger partial charge in [0.25, 0.3) is 0 Å². The smallest absolute Gasteiger partial charge is 0.209 e. The molecule has 0 spiro atoms. The summed E-state index contributed by atoms with van der Waals surface area (Å²) in [5.74, 6) is 0. The van der Waals surface area contributed by atoms with Crippen molar-refractivity contribution in [2.24, 2.45) is 0 Å². The Balaban J connectivity index is 1.99. The molecule has 2 atom stereocenters. The van der Waals surface area contributed by atoms with Crippen molar-refractivity contribution in [2.75, 3.05) is 20.1 Å². The highest BCUT2D eigenvalue weighted by atomic mass is 16.1. The normalized spacial score (nSPS) is 39.1. The molecule has 0 N–H and O–H groups in total. The van der Waals surface area contributed by atoms with Crippen LogP contribution in [0.5, 0.6) is 0 Å². The molecule has 3 rings (SSSR count). The average molecular weight is 140 g/mol. The van der Waals surface area contributed by atoms with E-state index < -0.39 is 0 Å². The summed E-state index contributed by atoms with van der Waals surface area (Å²) in [5.41, 5.74) is 0. The molecule has 0 aromatic rings. The fourth-order valence-electron chi connectivity index (χ4n) is 1.92. The zero-order valence-electron chi connectivity index (χ0n) is 6.16. The Morgan fingerprint density at radius 3 is 2.40 bits per heavy atom. The predicted octanol–water partition coefficient (Wildman–Crippen LogP) is -0.469. The van der Waals surface area contributed by atoms with Crippen molar-refractivity contribution in [1.29, 1.82) is 0 Å². The van der Waals surface area contributed by atoms with Crippen LogP contribution in [-0.2, 0) is 4.79 Å². The Morgan fingerprint density at radius 2 is 2.00 bits per heavy atom. The fraction of sp³-hybridized carbons (Fsp3) is 0.857. The molecule has 0 radical (unpaired) electrons. The van der Waals surface area contributed by atoms with Crippen LogP contribution in [0.4, 0.5) is 0 Å².